The number of nitrogens with zero attached hydrogens (tertiary/aromatic N) is 5. The zero-order valence-electron chi connectivity index (χ0n) is 17.6. The van der Waals surface area contributed by atoms with Crippen LogP contribution in [0.3, 0.4) is 0 Å². The van der Waals surface area contributed by atoms with Crippen molar-refractivity contribution < 1.29 is 9.59 Å². The maximum Gasteiger partial charge on any atom is 0.327 e. The Morgan fingerprint density at radius 1 is 1.13 bits per heavy atom. The van der Waals surface area contributed by atoms with Crippen LogP contribution in [0.4, 0.5) is 10.5 Å². The Labute approximate surface area is 176 Å². The zero-order chi connectivity index (χ0) is 20.7. The van der Waals surface area contributed by atoms with Gasteiger partial charge in [-0.15, -0.1) is 0 Å². The van der Waals surface area contributed by atoms with Crippen LogP contribution in [0.15, 0.2) is 24.5 Å². The molecule has 30 heavy (non-hydrogen) atoms. The Morgan fingerprint density at radius 3 is 2.83 bits per heavy atom. The Kier molecular flexibility index (Phi) is 5.10. The lowest BCUT2D eigenvalue weighted by atomic mass is 10.1. The quantitative estimate of drug-likeness (QED) is 0.584. The van der Waals surface area contributed by atoms with Gasteiger partial charge < -0.3 is 14.8 Å². The van der Waals surface area contributed by atoms with E-state index in [9.17, 15) is 9.59 Å². The number of unbranched alkanes of at least 4 members (excludes halogenated alkanes) is 1. The highest BCUT2D eigenvalue weighted by molar-refractivity contribution is 6.04. The summed E-state index contributed by atoms with van der Waals surface area (Å²) in [5.41, 5.74) is 3.32. The van der Waals surface area contributed by atoms with E-state index < -0.39 is 0 Å². The lowest BCUT2D eigenvalue weighted by molar-refractivity contribution is -0.128. The van der Waals surface area contributed by atoms with Gasteiger partial charge in [-0.1, -0.05) is 6.07 Å². The van der Waals surface area contributed by atoms with Gasteiger partial charge in [0.1, 0.15) is 11.6 Å². The number of hydrogen-bond acceptors (Lipinski definition) is 5. The number of imidazole rings is 1. The molecule has 160 valence electrons. The molecule has 0 saturated carbocycles. The fourth-order valence-corrected chi connectivity index (χ4v) is 5.22. The standard InChI is InChI=1S/C22H30N6O2/c1-16-14-26(18-7-4-6-17-20(18)24-15-23-17)13-12-25(16)9-2-3-10-28-21(29)19-8-5-11-27(19)22(28)30/h4,6-7,15-16,19H,2-3,5,8-14H2,1H3,(H,23,24). The van der Waals surface area contributed by atoms with Crippen LogP contribution in [-0.4, -0.2) is 88.0 Å². The first-order valence-corrected chi connectivity index (χ1v) is 11.2. The summed E-state index contributed by atoms with van der Waals surface area (Å²) in [7, 11) is 0. The molecule has 1 aromatic carbocycles. The van der Waals surface area contributed by atoms with Crippen LogP contribution in [0.2, 0.25) is 0 Å². The highest BCUT2D eigenvalue weighted by atomic mass is 16.2. The second-order valence-corrected chi connectivity index (χ2v) is 8.74. The molecule has 3 fully saturated rings. The van der Waals surface area contributed by atoms with E-state index in [2.05, 4.69) is 44.9 Å². The maximum atomic E-state index is 12.4. The van der Waals surface area contributed by atoms with Gasteiger partial charge in [0.05, 0.1) is 17.5 Å². The molecule has 5 rings (SSSR count). The third kappa shape index (κ3) is 3.33. The SMILES string of the molecule is CC1CN(c2cccc3[nH]cnc23)CCN1CCCCN1C(=O)C2CCCN2C1=O. The molecular weight excluding hydrogens is 380 g/mol. The summed E-state index contributed by atoms with van der Waals surface area (Å²) < 4.78 is 0. The summed E-state index contributed by atoms with van der Waals surface area (Å²) in [5, 5.41) is 0. The molecule has 0 spiro atoms. The zero-order valence-corrected chi connectivity index (χ0v) is 17.6. The van der Waals surface area contributed by atoms with Gasteiger partial charge in [-0.05, 0) is 51.3 Å². The van der Waals surface area contributed by atoms with Gasteiger partial charge in [0.25, 0.3) is 5.91 Å². The Bertz CT molecular complexity index is 921. The first-order valence-electron chi connectivity index (χ1n) is 11.2. The predicted octanol–water partition coefficient (Wildman–Crippen LogP) is 2.28. The molecule has 4 heterocycles. The number of benzene rings is 1. The van der Waals surface area contributed by atoms with Crippen LogP contribution in [0.25, 0.3) is 11.0 Å². The fraction of sp³-hybridized carbons (Fsp3) is 0.591. The van der Waals surface area contributed by atoms with Crippen molar-refractivity contribution in [3.63, 3.8) is 0 Å². The van der Waals surface area contributed by atoms with Crippen LogP contribution in [0, 0.1) is 0 Å². The number of aromatic nitrogens is 2. The van der Waals surface area contributed by atoms with Crippen LogP contribution in [-0.2, 0) is 4.79 Å². The largest absolute Gasteiger partial charge is 0.367 e. The normalized spacial score (nSPS) is 25.0. The number of nitrogens with one attached hydrogen (secondary N) is 1. The van der Waals surface area contributed by atoms with E-state index in [0.717, 1.165) is 69.4 Å². The Morgan fingerprint density at radius 2 is 2.00 bits per heavy atom. The van der Waals surface area contributed by atoms with E-state index in [4.69, 9.17) is 0 Å². The van der Waals surface area contributed by atoms with Gasteiger partial charge in [0.15, 0.2) is 0 Å². The number of rotatable bonds is 6. The number of H-pyrrole nitrogens is 1. The highest BCUT2D eigenvalue weighted by Gasteiger charge is 2.46. The summed E-state index contributed by atoms with van der Waals surface area (Å²) in [6.45, 7) is 7.55. The smallest absolute Gasteiger partial charge is 0.327 e. The number of aromatic amines is 1. The molecule has 2 unspecified atom stereocenters. The van der Waals surface area contributed by atoms with Crippen LogP contribution in [0.1, 0.15) is 32.6 Å². The number of amides is 3. The average Bonchev–Trinajstić information content (AvgIpc) is 3.46. The molecule has 0 bridgehead atoms. The number of imide groups is 1. The van der Waals surface area contributed by atoms with Crippen molar-refractivity contribution in [2.75, 3.05) is 44.2 Å². The lowest BCUT2D eigenvalue weighted by Gasteiger charge is -2.41. The minimum atomic E-state index is -0.176. The number of carbonyl (C=O) groups is 2. The van der Waals surface area contributed by atoms with Gasteiger partial charge in [-0.25, -0.2) is 9.78 Å². The molecule has 2 atom stereocenters. The fourth-order valence-electron chi connectivity index (χ4n) is 5.22. The summed E-state index contributed by atoms with van der Waals surface area (Å²) >= 11 is 0. The molecule has 3 aliphatic rings. The van der Waals surface area contributed by atoms with E-state index in [0.29, 0.717) is 12.6 Å². The topological polar surface area (TPSA) is 75.8 Å². The molecule has 8 heteroatoms. The van der Waals surface area contributed by atoms with Crippen molar-refractivity contribution in [2.24, 2.45) is 0 Å². The number of para-hydroxylation sites is 1. The van der Waals surface area contributed by atoms with E-state index in [1.807, 2.05) is 0 Å². The molecule has 0 aliphatic carbocycles. The number of urea groups is 1. The van der Waals surface area contributed by atoms with E-state index in [1.54, 1.807) is 11.2 Å². The number of hydrogen-bond donors (Lipinski definition) is 1. The number of anilines is 1. The second kappa shape index (κ2) is 7.91. The van der Waals surface area contributed by atoms with Gasteiger partial charge in [-0.3, -0.25) is 14.6 Å². The van der Waals surface area contributed by atoms with Gasteiger partial charge in [0.2, 0.25) is 0 Å². The second-order valence-electron chi connectivity index (χ2n) is 8.74. The number of fused-ring (bicyclic) bond motifs is 2. The third-order valence-corrected chi connectivity index (χ3v) is 6.89. The van der Waals surface area contributed by atoms with Crippen molar-refractivity contribution >= 4 is 28.7 Å². The van der Waals surface area contributed by atoms with Crippen LogP contribution >= 0.6 is 0 Å². The van der Waals surface area contributed by atoms with E-state index in [-0.39, 0.29) is 18.0 Å². The van der Waals surface area contributed by atoms with Crippen LogP contribution in [0.5, 0.6) is 0 Å². The average molecular weight is 411 g/mol. The Hall–Kier alpha value is -2.61. The van der Waals surface area contributed by atoms with Gasteiger partial charge in [-0.2, -0.15) is 0 Å². The molecule has 2 aromatic rings. The van der Waals surface area contributed by atoms with Crippen LogP contribution < -0.4 is 4.90 Å². The molecule has 3 aliphatic heterocycles. The predicted molar refractivity (Wildman–Crippen MR) is 115 cm³/mol. The minimum Gasteiger partial charge on any atom is -0.367 e. The summed E-state index contributed by atoms with van der Waals surface area (Å²) in [6, 6.07) is 6.50. The van der Waals surface area contributed by atoms with E-state index >= 15 is 0 Å². The van der Waals surface area contributed by atoms with E-state index in [1.165, 1.54) is 10.6 Å². The number of carbonyl (C=O) groups excluding carboxylic acids is 2. The first kappa shape index (κ1) is 19.4. The molecule has 3 amide bonds. The molecule has 8 nitrogen and oxygen atoms in total. The lowest BCUT2D eigenvalue weighted by Crippen LogP contribution is -2.52. The van der Waals surface area contributed by atoms with Crippen molar-refractivity contribution in [2.45, 2.75) is 44.7 Å². The highest BCUT2D eigenvalue weighted by Crippen LogP contribution is 2.28. The molecular formula is C22H30N6O2. The van der Waals surface area contributed by atoms with Crippen molar-refractivity contribution in [1.29, 1.82) is 0 Å². The molecule has 3 saturated heterocycles. The van der Waals surface area contributed by atoms with Crippen molar-refractivity contribution in [3.05, 3.63) is 24.5 Å². The van der Waals surface area contributed by atoms with Crippen molar-refractivity contribution in [3.8, 4) is 0 Å². The maximum absolute atomic E-state index is 12.4. The number of piperazine rings is 1. The Balaban J connectivity index is 1.11. The molecule has 0 radical (unpaired) electrons. The summed E-state index contributed by atoms with van der Waals surface area (Å²) in [6.07, 6.45) is 5.41. The minimum absolute atomic E-state index is 0.0204. The molecule has 1 aromatic heterocycles. The van der Waals surface area contributed by atoms with Gasteiger partial charge in [0, 0.05) is 38.8 Å². The molecule has 1 N–H and O–H groups in total. The first-order chi connectivity index (χ1) is 14.6. The summed E-state index contributed by atoms with van der Waals surface area (Å²) in [4.78, 5) is 40.7. The van der Waals surface area contributed by atoms with Crippen molar-refractivity contribution in [1.82, 2.24) is 24.7 Å². The third-order valence-electron chi connectivity index (χ3n) is 6.89. The summed E-state index contributed by atoms with van der Waals surface area (Å²) in [5.74, 6) is 0.0204. The monoisotopic (exact) mass is 410 g/mol. The van der Waals surface area contributed by atoms with Gasteiger partial charge >= 0.3 is 6.03 Å².